The summed E-state index contributed by atoms with van der Waals surface area (Å²) in [5.41, 5.74) is 1.29. The number of hydrogen-bond acceptors (Lipinski definition) is 4. The Hall–Kier alpha value is -2.50. The van der Waals surface area contributed by atoms with Crippen LogP contribution in [0.15, 0.2) is 36.7 Å². The van der Waals surface area contributed by atoms with Gasteiger partial charge in [-0.3, -0.25) is 4.79 Å². The van der Waals surface area contributed by atoms with E-state index < -0.39 is 0 Å². The van der Waals surface area contributed by atoms with Gasteiger partial charge in [-0.15, -0.1) is 0 Å². The Labute approximate surface area is 153 Å². The maximum atomic E-state index is 12.9. The second kappa shape index (κ2) is 8.74. The summed E-state index contributed by atoms with van der Waals surface area (Å²) < 4.78 is 12.9. The number of halogens is 1. The summed E-state index contributed by atoms with van der Waals surface area (Å²) in [6, 6.07) is 6.79. The second-order valence-corrected chi connectivity index (χ2v) is 6.64. The molecule has 0 bridgehead atoms. The molecule has 1 aliphatic heterocycles. The van der Waals surface area contributed by atoms with Crippen LogP contribution in [0.1, 0.15) is 48.7 Å². The number of hydrogen-bond donors (Lipinski definition) is 1. The largest absolute Gasteiger partial charge is 0.352 e. The van der Waals surface area contributed by atoms with Crippen LogP contribution in [-0.2, 0) is 6.42 Å². The van der Waals surface area contributed by atoms with Crippen molar-refractivity contribution in [3.05, 3.63) is 53.7 Å². The zero-order valence-corrected chi connectivity index (χ0v) is 15.1. The first-order valence-electron chi connectivity index (χ1n) is 9.28. The third-order valence-electron chi connectivity index (χ3n) is 4.88. The minimum atomic E-state index is -0.257. The molecule has 1 amide bonds. The van der Waals surface area contributed by atoms with Gasteiger partial charge in [-0.25, -0.2) is 14.4 Å². The number of benzene rings is 1. The molecule has 1 aliphatic rings. The summed E-state index contributed by atoms with van der Waals surface area (Å²) in [6.07, 6.45) is 8.59. The number of carbonyl (C=O) groups excluding carboxylic acids is 1. The molecule has 6 heteroatoms. The summed E-state index contributed by atoms with van der Waals surface area (Å²) in [5.74, 6) is 0.350. The molecule has 0 spiro atoms. The number of anilines is 1. The van der Waals surface area contributed by atoms with Crippen molar-refractivity contribution in [2.75, 3.05) is 18.0 Å². The monoisotopic (exact) mass is 356 g/mol. The van der Waals surface area contributed by atoms with Gasteiger partial charge in [0.15, 0.2) is 0 Å². The number of piperidine rings is 1. The van der Waals surface area contributed by atoms with Crippen LogP contribution >= 0.6 is 0 Å². The highest BCUT2D eigenvalue weighted by Crippen LogP contribution is 2.24. The number of nitrogens with one attached hydrogen (secondary N) is 1. The SMILES string of the molecule is CCC1CCCCN1c1cnc(C(=O)NCCc2ccc(F)cc2)cn1. The molecule has 1 unspecified atom stereocenters. The van der Waals surface area contributed by atoms with Crippen molar-refractivity contribution in [1.82, 2.24) is 15.3 Å². The smallest absolute Gasteiger partial charge is 0.271 e. The van der Waals surface area contributed by atoms with Crippen LogP contribution in [0.4, 0.5) is 10.2 Å². The van der Waals surface area contributed by atoms with E-state index in [9.17, 15) is 9.18 Å². The Morgan fingerprint density at radius 2 is 2.04 bits per heavy atom. The third-order valence-corrected chi connectivity index (χ3v) is 4.88. The average Bonchev–Trinajstić information content (AvgIpc) is 2.69. The Morgan fingerprint density at radius 3 is 2.73 bits per heavy atom. The summed E-state index contributed by atoms with van der Waals surface area (Å²) >= 11 is 0. The van der Waals surface area contributed by atoms with Crippen molar-refractivity contribution in [2.45, 2.75) is 45.1 Å². The molecule has 3 rings (SSSR count). The molecule has 26 heavy (non-hydrogen) atoms. The number of aromatic nitrogens is 2. The number of rotatable bonds is 6. The quantitative estimate of drug-likeness (QED) is 0.862. The topological polar surface area (TPSA) is 58.1 Å². The van der Waals surface area contributed by atoms with Gasteiger partial charge >= 0.3 is 0 Å². The summed E-state index contributed by atoms with van der Waals surface area (Å²) in [5, 5.41) is 2.83. The maximum absolute atomic E-state index is 12.9. The lowest BCUT2D eigenvalue weighted by atomic mass is 10.0. The van der Waals surface area contributed by atoms with Crippen LogP contribution in [0.3, 0.4) is 0 Å². The Bertz CT molecular complexity index is 718. The van der Waals surface area contributed by atoms with Gasteiger partial charge in [-0.05, 0) is 49.8 Å². The fourth-order valence-corrected chi connectivity index (χ4v) is 3.38. The first-order chi connectivity index (χ1) is 12.7. The molecule has 2 aromatic rings. The van der Waals surface area contributed by atoms with E-state index in [4.69, 9.17) is 0 Å². The standard InChI is InChI=1S/C20H25FN4O/c1-2-17-5-3-4-12-25(17)19-14-23-18(13-24-19)20(26)22-11-10-15-6-8-16(21)9-7-15/h6-9,13-14,17H,2-5,10-12H2,1H3,(H,22,26). The fourth-order valence-electron chi connectivity index (χ4n) is 3.38. The molecule has 0 radical (unpaired) electrons. The Morgan fingerprint density at radius 1 is 1.23 bits per heavy atom. The van der Waals surface area contributed by atoms with Gasteiger partial charge in [-0.2, -0.15) is 0 Å². The highest BCUT2D eigenvalue weighted by atomic mass is 19.1. The Kier molecular flexibility index (Phi) is 6.15. The highest BCUT2D eigenvalue weighted by Gasteiger charge is 2.22. The zero-order chi connectivity index (χ0) is 18.4. The van der Waals surface area contributed by atoms with E-state index in [1.54, 1.807) is 24.5 Å². The van der Waals surface area contributed by atoms with E-state index in [0.717, 1.165) is 24.3 Å². The maximum Gasteiger partial charge on any atom is 0.271 e. The lowest BCUT2D eigenvalue weighted by Crippen LogP contribution is -2.39. The number of carbonyl (C=O) groups is 1. The van der Waals surface area contributed by atoms with Crippen LogP contribution in [-0.4, -0.2) is 35.0 Å². The lowest BCUT2D eigenvalue weighted by Gasteiger charge is -2.35. The molecule has 1 N–H and O–H groups in total. The molecular formula is C20H25FN4O. The van der Waals surface area contributed by atoms with Gasteiger partial charge in [-0.1, -0.05) is 19.1 Å². The lowest BCUT2D eigenvalue weighted by molar-refractivity contribution is 0.0949. The average molecular weight is 356 g/mol. The van der Waals surface area contributed by atoms with E-state index in [1.807, 2.05) is 0 Å². The molecule has 138 valence electrons. The molecule has 1 aromatic heterocycles. The molecule has 5 nitrogen and oxygen atoms in total. The molecule has 0 aliphatic carbocycles. The molecule has 2 heterocycles. The number of amides is 1. The predicted molar refractivity (Wildman–Crippen MR) is 99.7 cm³/mol. The summed E-state index contributed by atoms with van der Waals surface area (Å²) in [6.45, 7) is 3.66. The molecule has 0 saturated carbocycles. The van der Waals surface area contributed by atoms with E-state index in [1.165, 1.54) is 31.4 Å². The van der Waals surface area contributed by atoms with E-state index >= 15 is 0 Å². The molecular weight excluding hydrogens is 331 g/mol. The van der Waals surface area contributed by atoms with Gasteiger partial charge in [0.1, 0.15) is 17.3 Å². The molecule has 1 fully saturated rings. The van der Waals surface area contributed by atoms with Crippen molar-refractivity contribution in [3.63, 3.8) is 0 Å². The van der Waals surface area contributed by atoms with Crippen LogP contribution in [0.2, 0.25) is 0 Å². The molecule has 1 aromatic carbocycles. The second-order valence-electron chi connectivity index (χ2n) is 6.64. The summed E-state index contributed by atoms with van der Waals surface area (Å²) in [4.78, 5) is 23.3. The first kappa shape index (κ1) is 18.3. The minimum absolute atomic E-state index is 0.239. The van der Waals surface area contributed by atoms with Crippen molar-refractivity contribution in [3.8, 4) is 0 Å². The number of nitrogens with zero attached hydrogens (tertiary/aromatic N) is 3. The van der Waals surface area contributed by atoms with Crippen molar-refractivity contribution < 1.29 is 9.18 Å². The normalized spacial score (nSPS) is 17.2. The van der Waals surface area contributed by atoms with Gasteiger partial charge < -0.3 is 10.2 Å². The van der Waals surface area contributed by atoms with Gasteiger partial charge in [0, 0.05) is 19.1 Å². The minimum Gasteiger partial charge on any atom is -0.352 e. The van der Waals surface area contributed by atoms with E-state index in [-0.39, 0.29) is 11.7 Å². The van der Waals surface area contributed by atoms with E-state index in [0.29, 0.717) is 24.7 Å². The Balaban J connectivity index is 1.54. The van der Waals surface area contributed by atoms with Crippen LogP contribution in [0, 0.1) is 5.82 Å². The fraction of sp³-hybridized carbons (Fsp3) is 0.450. The van der Waals surface area contributed by atoms with Gasteiger partial charge in [0.05, 0.1) is 12.4 Å². The van der Waals surface area contributed by atoms with Crippen LogP contribution < -0.4 is 10.2 Å². The molecule has 1 saturated heterocycles. The zero-order valence-electron chi connectivity index (χ0n) is 15.1. The van der Waals surface area contributed by atoms with Gasteiger partial charge in [0.25, 0.3) is 5.91 Å². The highest BCUT2D eigenvalue weighted by molar-refractivity contribution is 5.92. The van der Waals surface area contributed by atoms with Crippen LogP contribution in [0.25, 0.3) is 0 Å². The van der Waals surface area contributed by atoms with Crippen molar-refractivity contribution in [1.29, 1.82) is 0 Å². The van der Waals surface area contributed by atoms with Gasteiger partial charge in [0.2, 0.25) is 0 Å². The van der Waals surface area contributed by atoms with Crippen molar-refractivity contribution in [2.24, 2.45) is 0 Å². The predicted octanol–water partition coefficient (Wildman–Crippen LogP) is 3.36. The third kappa shape index (κ3) is 4.56. The van der Waals surface area contributed by atoms with Crippen molar-refractivity contribution >= 4 is 11.7 Å². The van der Waals surface area contributed by atoms with E-state index in [2.05, 4.69) is 27.1 Å². The summed E-state index contributed by atoms with van der Waals surface area (Å²) in [7, 11) is 0. The first-order valence-corrected chi connectivity index (χ1v) is 9.28. The van der Waals surface area contributed by atoms with Crippen LogP contribution in [0.5, 0.6) is 0 Å². The molecule has 1 atom stereocenters.